The number of nitrogens with one attached hydrogen (secondary N) is 1. The van der Waals surface area contributed by atoms with Crippen molar-refractivity contribution < 1.29 is 4.79 Å². The topological polar surface area (TPSA) is 29.1 Å². The van der Waals surface area contributed by atoms with Gasteiger partial charge in [-0.2, -0.15) is 0 Å². The molecular weight excluding hydrogens is 248 g/mol. The minimum absolute atomic E-state index is 0.150. The second-order valence-electron chi connectivity index (χ2n) is 4.92. The van der Waals surface area contributed by atoms with E-state index in [9.17, 15) is 4.79 Å². The molecule has 0 aromatic heterocycles. The lowest BCUT2D eigenvalue weighted by Gasteiger charge is -2.05. The highest BCUT2D eigenvalue weighted by Gasteiger charge is 2.01. The summed E-state index contributed by atoms with van der Waals surface area (Å²) in [5.74, 6) is 0.150. The van der Waals surface area contributed by atoms with Gasteiger partial charge in [0.1, 0.15) is 0 Å². The van der Waals surface area contributed by atoms with Gasteiger partial charge in [0, 0.05) is 13.0 Å². The van der Waals surface area contributed by atoms with Crippen molar-refractivity contribution in [1.82, 2.24) is 5.32 Å². The highest BCUT2D eigenvalue weighted by Crippen LogP contribution is 2.04. The predicted molar refractivity (Wildman–Crippen MR) is 82.5 cm³/mol. The van der Waals surface area contributed by atoms with Crippen LogP contribution in [0.5, 0.6) is 0 Å². The lowest BCUT2D eigenvalue weighted by Crippen LogP contribution is -2.25. The van der Waals surface area contributed by atoms with Crippen molar-refractivity contribution in [2.24, 2.45) is 0 Å². The molecule has 2 nitrogen and oxygen atoms in total. The molecule has 0 heterocycles. The molecule has 0 bridgehead atoms. The fourth-order valence-corrected chi connectivity index (χ4v) is 2.18. The molecule has 2 aromatic carbocycles. The average molecular weight is 269 g/mol. The number of carbonyl (C=O) groups is 1. The Kier molecular flexibility index (Phi) is 5.84. The van der Waals surface area contributed by atoms with Crippen molar-refractivity contribution in [3.63, 3.8) is 0 Å². The minimum atomic E-state index is 0.150. The number of hydrogen-bond acceptors (Lipinski definition) is 1. The van der Waals surface area contributed by atoms with Gasteiger partial charge in [-0.1, -0.05) is 60.7 Å². The van der Waals surface area contributed by atoms with Gasteiger partial charge >= 0.3 is 0 Å². The molecular formula is C18H21NO. The van der Waals surface area contributed by atoms with Crippen LogP contribution < -0.4 is 5.32 Å². The van der Waals surface area contributed by atoms with Gasteiger partial charge in [-0.05, 0) is 30.4 Å². The van der Waals surface area contributed by atoms with Crippen molar-refractivity contribution >= 4 is 5.91 Å². The first-order valence-corrected chi connectivity index (χ1v) is 7.19. The molecule has 0 atom stereocenters. The second kappa shape index (κ2) is 8.16. The Bertz CT molecular complexity index is 460. The summed E-state index contributed by atoms with van der Waals surface area (Å²) in [5.41, 5.74) is 2.56. The van der Waals surface area contributed by atoms with E-state index in [0.717, 1.165) is 19.3 Å². The maximum Gasteiger partial charge on any atom is 0.220 e. The summed E-state index contributed by atoms with van der Waals surface area (Å²) in [7, 11) is 0. The van der Waals surface area contributed by atoms with Crippen LogP contribution >= 0.6 is 0 Å². The zero-order valence-corrected chi connectivity index (χ0v) is 11.7. The number of aryl methyl sites for hydroxylation is 1. The Labute approximate surface area is 120 Å². The largest absolute Gasteiger partial charge is 0.356 e. The van der Waals surface area contributed by atoms with Crippen molar-refractivity contribution in [2.45, 2.75) is 25.7 Å². The lowest BCUT2D eigenvalue weighted by atomic mass is 10.1. The van der Waals surface area contributed by atoms with Crippen molar-refractivity contribution in [3.8, 4) is 0 Å². The fourth-order valence-electron chi connectivity index (χ4n) is 2.18. The molecule has 0 radical (unpaired) electrons. The van der Waals surface area contributed by atoms with E-state index >= 15 is 0 Å². The van der Waals surface area contributed by atoms with Gasteiger partial charge in [-0.3, -0.25) is 4.79 Å². The first kappa shape index (κ1) is 14.3. The summed E-state index contributed by atoms with van der Waals surface area (Å²) in [6, 6.07) is 20.5. The zero-order chi connectivity index (χ0) is 14.0. The molecule has 2 aromatic rings. The quantitative estimate of drug-likeness (QED) is 0.767. The van der Waals surface area contributed by atoms with Crippen LogP contribution in [0.1, 0.15) is 24.0 Å². The molecule has 0 aliphatic heterocycles. The third-order valence-electron chi connectivity index (χ3n) is 3.29. The molecule has 1 amide bonds. The molecule has 0 saturated carbocycles. The van der Waals surface area contributed by atoms with Gasteiger partial charge in [0.15, 0.2) is 0 Å². The SMILES string of the molecule is [18O]=C(CCCc1ccccc1)NCCc1ccccc1. The summed E-state index contributed by atoms with van der Waals surface area (Å²) >= 11 is 0. The first-order chi connectivity index (χ1) is 9.84. The Hall–Kier alpha value is -2.09. The van der Waals surface area contributed by atoms with Gasteiger partial charge in [-0.25, -0.2) is 0 Å². The van der Waals surface area contributed by atoms with Crippen LogP contribution in [0.2, 0.25) is 0 Å². The van der Waals surface area contributed by atoms with Gasteiger partial charge in [0.2, 0.25) is 5.91 Å². The molecule has 20 heavy (non-hydrogen) atoms. The lowest BCUT2D eigenvalue weighted by molar-refractivity contribution is -0.121. The van der Waals surface area contributed by atoms with E-state index in [1.165, 1.54) is 11.1 Å². The van der Waals surface area contributed by atoms with E-state index in [-0.39, 0.29) is 5.91 Å². The van der Waals surface area contributed by atoms with Crippen molar-refractivity contribution in [2.75, 3.05) is 6.54 Å². The van der Waals surface area contributed by atoms with E-state index in [1.54, 1.807) is 0 Å². The monoisotopic (exact) mass is 269 g/mol. The van der Waals surface area contributed by atoms with Crippen molar-refractivity contribution in [1.29, 1.82) is 0 Å². The maximum absolute atomic E-state index is 11.7. The molecule has 0 fully saturated rings. The maximum atomic E-state index is 11.7. The van der Waals surface area contributed by atoms with Crippen LogP contribution in [-0.2, 0) is 17.6 Å². The Morgan fingerprint density at radius 3 is 1.95 bits per heavy atom. The molecule has 0 aliphatic rings. The number of benzene rings is 2. The van der Waals surface area contributed by atoms with Crippen LogP contribution in [0.4, 0.5) is 0 Å². The summed E-state index contributed by atoms with van der Waals surface area (Å²) in [6.07, 6.45) is 3.36. The van der Waals surface area contributed by atoms with Crippen LogP contribution in [0.25, 0.3) is 0 Å². The van der Waals surface area contributed by atoms with Crippen LogP contribution in [0.15, 0.2) is 60.7 Å². The molecule has 1 N–H and O–H groups in total. The number of rotatable bonds is 7. The molecule has 2 rings (SSSR count). The zero-order valence-electron chi connectivity index (χ0n) is 11.7. The van der Waals surface area contributed by atoms with E-state index in [2.05, 4.69) is 29.6 Å². The van der Waals surface area contributed by atoms with Gasteiger partial charge < -0.3 is 5.32 Å². The fraction of sp³-hybridized carbons (Fsp3) is 0.278. The smallest absolute Gasteiger partial charge is 0.220 e. The third-order valence-corrected chi connectivity index (χ3v) is 3.29. The Morgan fingerprint density at radius 1 is 0.800 bits per heavy atom. The second-order valence-corrected chi connectivity index (χ2v) is 4.92. The summed E-state index contributed by atoms with van der Waals surface area (Å²) in [4.78, 5) is 11.7. The number of hydrogen-bond donors (Lipinski definition) is 1. The minimum Gasteiger partial charge on any atom is -0.356 e. The van der Waals surface area contributed by atoms with Gasteiger partial charge in [0.25, 0.3) is 0 Å². The predicted octanol–water partition coefficient (Wildman–Crippen LogP) is 3.37. The molecule has 0 saturated heterocycles. The standard InChI is InChI=1S/C18H21NO/c20-18(13-7-12-16-8-3-1-4-9-16)19-15-14-17-10-5-2-6-11-17/h1-6,8-11H,7,12-15H2,(H,19,20)/i20+2. The van der Waals surface area contributed by atoms with Crippen LogP contribution in [0.3, 0.4) is 0 Å². The molecule has 0 unspecified atom stereocenters. The van der Waals surface area contributed by atoms with Gasteiger partial charge in [-0.15, -0.1) is 0 Å². The number of amides is 1. The van der Waals surface area contributed by atoms with E-state index in [4.69, 9.17) is 0 Å². The Balaban J connectivity index is 1.59. The number of carbonyl (C=O) groups excluding carboxylic acids is 1. The van der Waals surface area contributed by atoms with Crippen LogP contribution in [0, 0.1) is 0 Å². The van der Waals surface area contributed by atoms with Gasteiger partial charge in [0.05, 0.1) is 0 Å². The summed E-state index contributed by atoms with van der Waals surface area (Å²) < 4.78 is 0. The molecule has 0 aliphatic carbocycles. The summed E-state index contributed by atoms with van der Waals surface area (Å²) in [5, 5.41) is 2.98. The molecule has 2 heteroatoms. The van der Waals surface area contributed by atoms with Crippen LogP contribution in [-0.4, -0.2) is 12.5 Å². The first-order valence-electron chi connectivity index (χ1n) is 7.19. The highest BCUT2D eigenvalue weighted by molar-refractivity contribution is 5.75. The highest BCUT2D eigenvalue weighted by atomic mass is 18.1. The van der Waals surface area contributed by atoms with Crippen molar-refractivity contribution in [3.05, 3.63) is 71.8 Å². The normalized spacial score (nSPS) is 10.2. The molecule has 104 valence electrons. The van der Waals surface area contributed by atoms with E-state index in [1.807, 2.05) is 36.4 Å². The Morgan fingerprint density at radius 2 is 1.35 bits per heavy atom. The third kappa shape index (κ3) is 5.27. The van der Waals surface area contributed by atoms with E-state index in [0.29, 0.717) is 13.0 Å². The molecule has 0 spiro atoms. The summed E-state index contributed by atoms with van der Waals surface area (Å²) in [6.45, 7) is 0.716. The average Bonchev–Trinajstić information content (AvgIpc) is 2.49. The van der Waals surface area contributed by atoms with E-state index < -0.39 is 0 Å².